The number of carbonyl (C=O) groups is 2. The molecule has 1 aromatic carbocycles. The van der Waals surface area contributed by atoms with E-state index in [9.17, 15) is 9.59 Å². The molecule has 170 valence electrons. The number of para-hydroxylation sites is 1. The van der Waals surface area contributed by atoms with Crippen LogP contribution in [0.2, 0.25) is 0 Å². The van der Waals surface area contributed by atoms with Crippen LogP contribution in [0, 0.1) is 23.2 Å². The van der Waals surface area contributed by atoms with Crippen LogP contribution in [-0.4, -0.2) is 34.9 Å². The molecule has 1 saturated heterocycles. The minimum atomic E-state index is -0.337. The number of rotatable bonds is 6. The first-order valence-electron chi connectivity index (χ1n) is 11.3. The molecule has 32 heavy (non-hydrogen) atoms. The fourth-order valence-electron chi connectivity index (χ4n) is 6.42. The molecule has 4 bridgehead atoms. The Morgan fingerprint density at radius 2 is 1.91 bits per heavy atom. The lowest BCUT2D eigenvalue weighted by Crippen LogP contribution is -2.57. The summed E-state index contributed by atoms with van der Waals surface area (Å²) in [7, 11) is 1.58. The first-order valence-corrected chi connectivity index (χ1v) is 12.5. The fraction of sp³-hybridized carbons (Fsp3) is 0.542. The van der Waals surface area contributed by atoms with Gasteiger partial charge in [-0.2, -0.15) is 5.01 Å². The van der Waals surface area contributed by atoms with Crippen molar-refractivity contribution in [3.63, 3.8) is 0 Å². The van der Waals surface area contributed by atoms with E-state index >= 15 is 0 Å². The van der Waals surface area contributed by atoms with Crippen LogP contribution in [0.5, 0.6) is 11.5 Å². The summed E-state index contributed by atoms with van der Waals surface area (Å²) < 4.78 is 11.5. The maximum Gasteiger partial charge on any atom is 0.285 e. The summed E-state index contributed by atoms with van der Waals surface area (Å²) in [6.07, 6.45) is 8.37. The first-order chi connectivity index (χ1) is 15.4. The van der Waals surface area contributed by atoms with Gasteiger partial charge in [-0.15, -0.1) is 0 Å². The number of nitrogens with one attached hydrogen (secondary N) is 1. The second-order valence-corrected chi connectivity index (χ2v) is 11.1. The molecule has 0 aromatic heterocycles. The molecule has 0 atom stereocenters. The summed E-state index contributed by atoms with van der Waals surface area (Å²) in [6, 6.07) is 5.54. The van der Waals surface area contributed by atoms with Gasteiger partial charge < -0.3 is 9.47 Å². The van der Waals surface area contributed by atoms with Crippen molar-refractivity contribution in [1.82, 2.24) is 10.4 Å². The predicted molar refractivity (Wildman–Crippen MR) is 128 cm³/mol. The Morgan fingerprint density at radius 1 is 1.25 bits per heavy atom. The van der Waals surface area contributed by atoms with Crippen LogP contribution in [0.1, 0.15) is 51.0 Å². The van der Waals surface area contributed by atoms with Gasteiger partial charge in [-0.25, -0.2) is 0 Å². The number of thiocarbonyl (C=S) groups is 1. The Kier molecular flexibility index (Phi) is 5.70. The molecule has 5 aliphatic rings. The highest BCUT2D eigenvalue weighted by Crippen LogP contribution is 2.60. The Balaban J connectivity index is 1.36. The fourth-order valence-corrected chi connectivity index (χ4v) is 7.59. The van der Waals surface area contributed by atoms with Crippen molar-refractivity contribution in [2.75, 3.05) is 13.7 Å². The molecule has 0 spiro atoms. The summed E-state index contributed by atoms with van der Waals surface area (Å²) in [6.45, 7) is 2.37. The number of carbonyl (C=O) groups excluding carboxylic acids is 2. The lowest BCUT2D eigenvalue weighted by Gasteiger charge is -2.55. The smallest absolute Gasteiger partial charge is 0.285 e. The third-order valence-electron chi connectivity index (χ3n) is 7.33. The van der Waals surface area contributed by atoms with Gasteiger partial charge in [0, 0.05) is 5.56 Å². The number of amides is 2. The number of thioether (sulfide) groups is 1. The predicted octanol–water partition coefficient (Wildman–Crippen LogP) is 4.54. The van der Waals surface area contributed by atoms with Gasteiger partial charge >= 0.3 is 0 Å². The summed E-state index contributed by atoms with van der Waals surface area (Å²) >= 11 is 6.66. The van der Waals surface area contributed by atoms with Gasteiger partial charge in [-0.05, 0) is 87.6 Å². The molecule has 0 unspecified atom stereocenters. The van der Waals surface area contributed by atoms with Crippen LogP contribution >= 0.6 is 24.0 Å². The maximum atomic E-state index is 13.4. The summed E-state index contributed by atoms with van der Waals surface area (Å²) in [5.74, 6) is 2.81. The number of hydrogen-bond acceptors (Lipinski definition) is 6. The highest BCUT2D eigenvalue weighted by atomic mass is 32.2. The van der Waals surface area contributed by atoms with Crippen molar-refractivity contribution < 1.29 is 19.1 Å². The zero-order valence-electron chi connectivity index (χ0n) is 18.4. The highest BCUT2D eigenvalue weighted by molar-refractivity contribution is 8.26. The molecule has 1 aliphatic heterocycles. The van der Waals surface area contributed by atoms with Crippen LogP contribution in [0.4, 0.5) is 0 Å². The second kappa shape index (κ2) is 8.37. The summed E-state index contributed by atoms with van der Waals surface area (Å²) in [5.41, 5.74) is 3.30. The summed E-state index contributed by atoms with van der Waals surface area (Å²) in [4.78, 5) is 27.0. The average molecular weight is 473 g/mol. The highest BCUT2D eigenvalue weighted by Gasteiger charge is 2.55. The number of benzene rings is 1. The third kappa shape index (κ3) is 3.71. The van der Waals surface area contributed by atoms with Gasteiger partial charge in [-0.1, -0.05) is 23.9 Å². The van der Waals surface area contributed by atoms with Crippen LogP contribution in [0.3, 0.4) is 0 Å². The number of hydrogen-bond donors (Lipinski definition) is 1. The molecule has 0 radical (unpaired) electrons. The van der Waals surface area contributed by atoms with Gasteiger partial charge in [0.25, 0.3) is 5.91 Å². The van der Waals surface area contributed by atoms with E-state index in [1.54, 1.807) is 13.2 Å². The Hall–Kier alpha value is -2.06. The lowest BCUT2D eigenvalue weighted by atomic mass is 9.49. The van der Waals surface area contributed by atoms with Crippen LogP contribution in [0.25, 0.3) is 6.08 Å². The van der Waals surface area contributed by atoms with E-state index in [0.29, 0.717) is 45.1 Å². The van der Waals surface area contributed by atoms with E-state index in [0.717, 1.165) is 24.8 Å². The lowest BCUT2D eigenvalue weighted by molar-refractivity contribution is -0.152. The molecule has 2 amide bonds. The molecule has 1 aromatic rings. The molecule has 4 aliphatic carbocycles. The van der Waals surface area contributed by atoms with Gasteiger partial charge in [0.15, 0.2) is 15.8 Å². The van der Waals surface area contributed by atoms with Crippen molar-refractivity contribution in [3.05, 3.63) is 28.7 Å². The van der Waals surface area contributed by atoms with Crippen molar-refractivity contribution in [2.45, 2.75) is 45.4 Å². The van der Waals surface area contributed by atoms with E-state index in [2.05, 4.69) is 5.43 Å². The largest absolute Gasteiger partial charge is 0.493 e. The second-order valence-electron chi connectivity index (χ2n) is 9.47. The van der Waals surface area contributed by atoms with E-state index in [4.69, 9.17) is 21.7 Å². The third-order valence-corrected chi connectivity index (χ3v) is 8.63. The number of hydrazine groups is 1. The number of ether oxygens (including phenoxy) is 2. The number of methoxy groups -OCH3 is 1. The van der Waals surface area contributed by atoms with E-state index in [1.807, 2.05) is 25.1 Å². The van der Waals surface area contributed by atoms with Crippen LogP contribution < -0.4 is 14.9 Å². The Bertz CT molecular complexity index is 970. The van der Waals surface area contributed by atoms with E-state index < -0.39 is 0 Å². The minimum Gasteiger partial charge on any atom is -0.493 e. The first kappa shape index (κ1) is 21.8. The molecule has 1 N–H and O–H groups in total. The van der Waals surface area contributed by atoms with Gasteiger partial charge in [0.1, 0.15) is 0 Å². The molecule has 8 heteroatoms. The standard InChI is InChI=1S/C24H28N2O4S2/c1-3-30-20-17(5-4-6-18(20)29-2)10-19-21(27)26(23(31)32-19)25-22(28)24-11-14-7-15(12-24)9-16(8-14)13-24/h4-6,10,14-16H,3,7-9,11-13H2,1-2H3,(H,25,28)/b19-10+. The molecule has 6 rings (SSSR count). The van der Waals surface area contributed by atoms with Crippen molar-refractivity contribution in [1.29, 1.82) is 0 Å². The van der Waals surface area contributed by atoms with E-state index in [-0.39, 0.29) is 17.2 Å². The molecular weight excluding hydrogens is 444 g/mol. The van der Waals surface area contributed by atoms with Gasteiger partial charge in [-0.3, -0.25) is 15.0 Å². The van der Waals surface area contributed by atoms with Crippen molar-refractivity contribution in [2.24, 2.45) is 23.2 Å². The van der Waals surface area contributed by atoms with Crippen LogP contribution in [0.15, 0.2) is 23.1 Å². The van der Waals surface area contributed by atoms with Crippen molar-refractivity contribution >= 4 is 46.2 Å². The Labute approximate surface area is 198 Å². The molecule has 5 fully saturated rings. The summed E-state index contributed by atoms with van der Waals surface area (Å²) in [5, 5.41) is 1.26. The maximum absolute atomic E-state index is 13.4. The minimum absolute atomic E-state index is 0.0365. The zero-order chi connectivity index (χ0) is 22.5. The molecule has 4 saturated carbocycles. The molecule has 6 nitrogen and oxygen atoms in total. The zero-order valence-corrected chi connectivity index (χ0v) is 20.0. The van der Waals surface area contributed by atoms with Crippen LogP contribution in [-0.2, 0) is 9.59 Å². The average Bonchev–Trinajstić information content (AvgIpc) is 3.01. The quantitative estimate of drug-likeness (QED) is 0.484. The topological polar surface area (TPSA) is 67.9 Å². The number of nitrogens with zero attached hydrogens (tertiary/aromatic N) is 1. The SMILES string of the molecule is CCOc1c(/C=C2/SC(=S)N(NC(=O)C34CC5CC(CC(C5)C3)C4)C2=O)cccc1OC. The normalized spacial score (nSPS) is 32.0. The van der Waals surface area contributed by atoms with Crippen molar-refractivity contribution in [3.8, 4) is 11.5 Å². The van der Waals surface area contributed by atoms with E-state index in [1.165, 1.54) is 36.0 Å². The van der Waals surface area contributed by atoms with Gasteiger partial charge in [0.05, 0.1) is 24.0 Å². The molecular formula is C24H28N2O4S2. The Morgan fingerprint density at radius 3 is 2.50 bits per heavy atom. The molecule has 1 heterocycles. The van der Waals surface area contributed by atoms with Gasteiger partial charge in [0.2, 0.25) is 5.91 Å². The monoisotopic (exact) mass is 472 g/mol.